The highest BCUT2D eigenvalue weighted by Crippen LogP contribution is 2.23. The average molecular weight is 746 g/mol. The minimum atomic E-state index is -1.66. The molecule has 0 aromatic carbocycles. The summed E-state index contributed by atoms with van der Waals surface area (Å²) in [5.41, 5.74) is 0. The molecule has 0 saturated carbocycles. The van der Waals surface area contributed by atoms with Gasteiger partial charge in [0.05, 0.1) is 25.4 Å². The molecule has 9 atom stereocenters. The second-order valence-corrected chi connectivity index (χ2v) is 15.1. The molecule has 1 amide bonds. The average Bonchev–Trinajstić information content (AvgIpc) is 3.14. The van der Waals surface area contributed by atoms with E-state index in [2.05, 4.69) is 31.3 Å². The first-order chi connectivity index (χ1) is 25.2. The zero-order chi connectivity index (χ0) is 38.4. The predicted octanol–water partition coefficient (Wildman–Crippen LogP) is 5.72. The van der Waals surface area contributed by atoms with E-state index in [9.17, 15) is 40.5 Å². The molecule has 52 heavy (non-hydrogen) atoms. The summed E-state index contributed by atoms with van der Waals surface area (Å²) in [4.78, 5) is 13.0. The number of ether oxygens (including phenoxy) is 2. The molecule has 8 N–H and O–H groups in total. The van der Waals surface area contributed by atoms with Crippen LogP contribution in [0.1, 0.15) is 174 Å². The van der Waals surface area contributed by atoms with Gasteiger partial charge in [-0.05, 0) is 32.1 Å². The van der Waals surface area contributed by atoms with E-state index in [1.165, 1.54) is 89.9 Å². The van der Waals surface area contributed by atoms with Gasteiger partial charge in [0.25, 0.3) is 0 Å². The number of aliphatic hydroxyl groups is 7. The van der Waals surface area contributed by atoms with Crippen molar-refractivity contribution < 1.29 is 50.0 Å². The van der Waals surface area contributed by atoms with Gasteiger partial charge < -0.3 is 50.5 Å². The zero-order valence-electron chi connectivity index (χ0n) is 32.8. The Balaban J connectivity index is 2.50. The maximum Gasteiger partial charge on any atom is 0.249 e. The molecule has 1 aliphatic heterocycles. The van der Waals surface area contributed by atoms with Crippen LogP contribution in [0.15, 0.2) is 12.2 Å². The van der Waals surface area contributed by atoms with Crippen molar-refractivity contribution in [1.29, 1.82) is 0 Å². The molecule has 0 bridgehead atoms. The minimum absolute atomic E-state index is 0.240. The molecule has 1 rings (SSSR count). The summed E-state index contributed by atoms with van der Waals surface area (Å²) >= 11 is 0. The molecule has 1 fully saturated rings. The van der Waals surface area contributed by atoms with Gasteiger partial charge in [-0.1, -0.05) is 154 Å². The van der Waals surface area contributed by atoms with E-state index in [4.69, 9.17) is 9.47 Å². The van der Waals surface area contributed by atoms with Crippen LogP contribution >= 0.6 is 0 Å². The highest BCUT2D eigenvalue weighted by atomic mass is 16.7. The predicted molar refractivity (Wildman–Crippen MR) is 206 cm³/mol. The quantitative estimate of drug-likeness (QED) is 0.0299. The van der Waals surface area contributed by atoms with Gasteiger partial charge in [0, 0.05) is 0 Å². The lowest BCUT2D eigenvalue weighted by Crippen LogP contribution is -2.60. The molecule has 0 spiro atoms. The smallest absolute Gasteiger partial charge is 0.249 e. The molecule has 308 valence electrons. The normalized spacial score (nSPS) is 23.1. The Bertz CT molecular complexity index is 861. The maximum atomic E-state index is 13.0. The molecule has 11 heteroatoms. The van der Waals surface area contributed by atoms with Crippen LogP contribution in [0.2, 0.25) is 0 Å². The zero-order valence-corrected chi connectivity index (χ0v) is 32.8. The molecular weight excluding hydrogens is 666 g/mol. The van der Waals surface area contributed by atoms with Crippen molar-refractivity contribution in [3.8, 4) is 0 Å². The van der Waals surface area contributed by atoms with Gasteiger partial charge in [-0.25, -0.2) is 0 Å². The van der Waals surface area contributed by atoms with Gasteiger partial charge in [0.15, 0.2) is 6.29 Å². The molecule has 0 aromatic rings. The summed E-state index contributed by atoms with van der Waals surface area (Å²) in [6.45, 7) is 3.35. The summed E-state index contributed by atoms with van der Waals surface area (Å²) in [5, 5.41) is 75.3. The Morgan fingerprint density at radius 3 is 1.67 bits per heavy atom. The van der Waals surface area contributed by atoms with E-state index < -0.39 is 74.2 Å². The molecule has 9 unspecified atom stereocenters. The standard InChI is InChI=1S/C41H79NO10/c1-3-5-7-9-11-13-14-15-16-17-18-19-21-22-24-26-28-33(44)36(46)32(31-51-41-39(49)38(48)37(47)35(30-43)52-41)42-40(50)34(45)29-27-25-23-20-12-10-8-6-4-2/h10,12,32-39,41,43-49H,3-9,11,13-31H2,1-2H3,(H,42,50)/b12-10-. The summed E-state index contributed by atoms with van der Waals surface area (Å²) < 4.78 is 11.0. The second kappa shape index (κ2) is 32.1. The lowest BCUT2D eigenvalue weighted by molar-refractivity contribution is -0.303. The third-order valence-electron chi connectivity index (χ3n) is 10.3. The molecule has 1 aliphatic rings. The van der Waals surface area contributed by atoms with E-state index in [1.54, 1.807) is 0 Å². The molecule has 1 heterocycles. The summed E-state index contributed by atoms with van der Waals surface area (Å²) in [5.74, 6) is -0.712. The van der Waals surface area contributed by atoms with Crippen LogP contribution in [0.3, 0.4) is 0 Å². The Labute approximate surface area is 315 Å². The van der Waals surface area contributed by atoms with E-state index in [0.717, 1.165) is 44.9 Å². The van der Waals surface area contributed by atoms with Crippen molar-refractivity contribution >= 4 is 5.91 Å². The number of amides is 1. The van der Waals surface area contributed by atoms with E-state index in [-0.39, 0.29) is 6.42 Å². The fourth-order valence-corrected chi connectivity index (χ4v) is 6.71. The maximum absolute atomic E-state index is 13.0. The first-order valence-electron chi connectivity index (χ1n) is 21.1. The second-order valence-electron chi connectivity index (χ2n) is 15.1. The highest BCUT2D eigenvalue weighted by molar-refractivity contribution is 5.80. The molecular formula is C41H79NO10. The van der Waals surface area contributed by atoms with Gasteiger partial charge in [-0.2, -0.15) is 0 Å². The molecule has 0 aliphatic carbocycles. The van der Waals surface area contributed by atoms with Crippen LogP contribution in [0.4, 0.5) is 0 Å². The van der Waals surface area contributed by atoms with Crippen molar-refractivity contribution in [2.75, 3.05) is 13.2 Å². The van der Waals surface area contributed by atoms with Gasteiger partial charge in [-0.15, -0.1) is 0 Å². The third kappa shape index (κ3) is 22.3. The first-order valence-corrected chi connectivity index (χ1v) is 21.1. The lowest BCUT2D eigenvalue weighted by atomic mass is 9.98. The molecule has 1 saturated heterocycles. The number of rotatable bonds is 34. The van der Waals surface area contributed by atoms with Gasteiger partial charge >= 0.3 is 0 Å². The molecule has 0 radical (unpaired) electrons. The molecule has 11 nitrogen and oxygen atoms in total. The van der Waals surface area contributed by atoms with Gasteiger partial charge in [0.1, 0.15) is 36.6 Å². The third-order valence-corrected chi connectivity index (χ3v) is 10.3. The Morgan fingerprint density at radius 1 is 0.654 bits per heavy atom. The van der Waals surface area contributed by atoms with Gasteiger partial charge in [0.2, 0.25) is 5.91 Å². The van der Waals surface area contributed by atoms with Crippen molar-refractivity contribution in [3.63, 3.8) is 0 Å². The fraction of sp³-hybridized carbons (Fsp3) is 0.927. The molecule has 0 aromatic heterocycles. The highest BCUT2D eigenvalue weighted by Gasteiger charge is 2.44. The van der Waals surface area contributed by atoms with Crippen LogP contribution in [0, 0.1) is 0 Å². The number of nitrogens with one attached hydrogen (secondary N) is 1. The van der Waals surface area contributed by atoms with Crippen LogP contribution < -0.4 is 5.32 Å². The van der Waals surface area contributed by atoms with E-state index in [0.29, 0.717) is 19.3 Å². The number of aliphatic hydroxyl groups excluding tert-OH is 7. The number of hydrogen-bond donors (Lipinski definition) is 8. The van der Waals surface area contributed by atoms with Crippen molar-refractivity contribution in [1.82, 2.24) is 5.32 Å². The Kier molecular flexibility index (Phi) is 30.2. The Morgan fingerprint density at radius 2 is 1.13 bits per heavy atom. The number of unbranched alkanes of at least 4 members (excludes halogenated alkanes) is 20. The monoisotopic (exact) mass is 746 g/mol. The van der Waals surface area contributed by atoms with Crippen LogP contribution in [-0.2, 0) is 14.3 Å². The fourth-order valence-electron chi connectivity index (χ4n) is 6.71. The summed E-state index contributed by atoms with van der Waals surface area (Å²) in [6.07, 6.45) is 19.9. The van der Waals surface area contributed by atoms with Crippen molar-refractivity contribution in [3.05, 3.63) is 12.2 Å². The van der Waals surface area contributed by atoms with E-state index >= 15 is 0 Å². The largest absolute Gasteiger partial charge is 0.394 e. The Hall–Kier alpha value is -1.15. The SMILES string of the molecule is CCCC/C=C\CCCCCC(O)C(=O)NC(COC1OC(CO)C(O)C(O)C1O)C(O)C(O)CCCCCCCCCCCCCCCCCC. The van der Waals surface area contributed by atoms with Crippen molar-refractivity contribution in [2.24, 2.45) is 0 Å². The van der Waals surface area contributed by atoms with Gasteiger partial charge in [-0.3, -0.25) is 4.79 Å². The number of carbonyl (C=O) groups excluding carboxylic acids is 1. The van der Waals surface area contributed by atoms with Crippen LogP contribution in [0.25, 0.3) is 0 Å². The van der Waals surface area contributed by atoms with E-state index in [1.807, 2.05) is 0 Å². The minimum Gasteiger partial charge on any atom is -0.394 e. The summed E-state index contributed by atoms with van der Waals surface area (Å²) in [6, 6.07) is -1.17. The summed E-state index contributed by atoms with van der Waals surface area (Å²) in [7, 11) is 0. The number of hydrogen-bond acceptors (Lipinski definition) is 10. The van der Waals surface area contributed by atoms with Crippen LogP contribution in [0.5, 0.6) is 0 Å². The first kappa shape index (κ1) is 48.9. The lowest BCUT2D eigenvalue weighted by Gasteiger charge is -2.40. The van der Waals surface area contributed by atoms with Crippen molar-refractivity contribution in [2.45, 2.75) is 229 Å². The topological polar surface area (TPSA) is 189 Å². The number of allylic oxidation sites excluding steroid dienone is 2. The van der Waals surface area contributed by atoms with Crippen LogP contribution in [-0.4, -0.2) is 110 Å². The number of carbonyl (C=O) groups is 1.